The van der Waals surface area contributed by atoms with E-state index in [1.165, 1.54) is 12.8 Å². The van der Waals surface area contributed by atoms with Gasteiger partial charge in [0.2, 0.25) is 5.89 Å². The number of aryl methyl sites for hydroxylation is 2. The van der Waals surface area contributed by atoms with E-state index in [0.717, 1.165) is 18.4 Å². The number of fused-ring (bicyclic) bond motifs is 2. The monoisotopic (exact) mass is 351 g/mol. The molecule has 0 saturated carbocycles. The number of amides is 1. The van der Waals surface area contributed by atoms with Crippen LogP contribution in [-0.4, -0.2) is 38.8 Å². The Bertz CT molecular complexity index is 729. The predicted octanol–water partition coefficient (Wildman–Crippen LogP) is 1.82. The molecule has 2 bridgehead atoms. The first-order valence-electron chi connectivity index (χ1n) is 8.12. The van der Waals surface area contributed by atoms with Gasteiger partial charge in [-0.05, 0) is 32.6 Å². The van der Waals surface area contributed by atoms with Gasteiger partial charge in [0.25, 0.3) is 5.91 Å². The average Bonchev–Trinajstić information content (AvgIpc) is 3.18. The van der Waals surface area contributed by atoms with Crippen molar-refractivity contribution in [1.29, 1.82) is 0 Å². The molecule has 0 spiro atoms. The van der Waals surface area contributed by atoms with Crippen molar-refractivity contribution in [1.82, 2.24) is 25.4 Å². The quantitative estimate of drug-likeness (QED) is 0.881. The number of oxazole rings is 1. The summed E-state index contributed by atoms with van der Waals surface area (Å²) in [6.07, 6.45) is 7.91. The van der Waals surface area contributed by atoms with E-state index in [-0.39, 0.29) is 24.4 Å². The molecule has 2 aromatic heterocycles. The summed E-state index contributed by atoms with van der Waals surface area (Å²) in [5.74, 6) is 0.831. The zero-order valence-electron chi connectivity index (χ0n) is 13.8. The second-order valence-corrected chi connectivity index (χ2v) is 6.61. The summed E-state index contributed by atoms with van der Waals surface area (Å²) in [7, 11) is 1.83. The minimum absolute atomic E-state index is 0. The first-order chi connectivity index (χ1) is 11.1. The van der Waals surface area contributed by atoms with Gasteiger partial charge in [0.1, 0.15) is 5.76 Å². The Morgan fingerprint density at radius 2 is 2.08 bits per heavy atom. The van der Waals surface area contributed by atoms with Crippen molar-refractivity contribution in [2.45, 2.75) is 50.7 Å². The predicted molar refractivity (Wildman–Crippen MR) is 91.1 cm³/mol. The minimum atomic E-state index is -0.146. The highest BCUT2D eigenvalue weighted by Gasteiger charge is 2.34. The van der Waals surface area contributed by atoms with Crippen LogP contribution in [0.3, 0.4) is 0 Å². The van der Waals surface area contributed by atoms with Gasteiger partial charge in [-0.3, -0.25) is 9.48 Å². The van der Waals surface area contributed by atoms with Gasteiger partial charge in [-0.25, -0.2) is 4.98 Å². The Morgan fingerprint density at radius 3 is 2.71 bits per heavy atom. The van der Waals surface area contributed by atoms with Gasteiger partial charge >= 0.3 is 0 Å². The van der Waals surface area contributed by atoms with Gasteiger partial charge in [0.05, 0.1) is 11.8 Å². The topological polar surface area (TPSA) is 85.0 Å². The van der Waals surface area contributed by atoms with E-state index in [4.69, 9.17) is 4.42 Å². The molecular formula is C16H22ClN5O2. The van der Waals surface area contributed by atoms with E-state index >= 15 is 0 Å². The van der Waals surface area contributed by atoms with E-state index in [1.54, 1.807) is 17.8 Å². The van der Waals surface area contributed by atoms with Gasteiger partial charge in [-0.1, -0.05) is 0 Å². The molecule has 0 aromatic carbocycles. The Morgan fingerprint density at radius 1 is 1.38 bits per heavy atom. The Balaban J connectivity index is 0.00000169. The largest absolute Gasteiger partial charge is 0.440 e. The fourth-order valence-electron chi connectivity index (χ4n) is 3.69. The van der Waals surface area contributed by atoms with Gasteiger partial charge in [-0.2, -0.15) is 5.10 Å². The van der Waals surface area contributed by atoms with Crippen molar-refractivity contribution >= 4 is 18.3 Å². The third-order valence-corrected chi connectivity index (χ3v) is 4.77. The number of halogens is 1. The number of hydrogen-bond acceptors (Lipinski definition) is 5. The molecule has 8 heteroatoms. The molecule has 2 aliphatic rings. The summed E-state index contributed by atoms with van der Waals surface area (Å²) in [4.78, 5) is 16.9. The number of rotatable bonds is 3. The van der Waals surface area contributed by atoms with Gasteiger partial charge < -0.3 is 15.1 Å². The van der Waals surface area contributed by atoms with Crippen LogP contribution in [0.25, 0.3) is 11.5 Å². The van der Waals surface area contributed by atoms with Crippen molar-refractivity contribution in [2.75, 3.05) is 0 Å². The summed E-state index contributed by atoms with van der Waals surface area (Å²) in [5.41, 5.74) is 1.14. The molecule has 2 N–H and O–H groups in total. The molecule has 24 heavy (non-hydrogen) atoms. The zero-order valence-corrected chi connectivity index (χ0v) is 14.6. The number of carbonyl (C=O) groups is 1. The normalized spacial score (nSPS) is 25.3. The average molecular weight is 352 g/mol. The van der Waals surface area contributed by atoms with Crippen LogP contribution in [-0.2, 0) is 7.05 Å². The second-order valence-electron chi connectivity index (χ2n) is 6.61. The van der Waals surface area contributed by atoms with Gasteiger partial charge in [-0.15, -0.1) is 12.4 Å². The zero-order chi connectivity index (χ0) is 16.0. The Hall–Kier alpha value is -1.86. The van der Waals surface area contributed by atoms with Crippen LogP contribution in [0.15, 0.2) is 16.8 Å². The van der Waals surface area contributed by atoms with Crippen molar-refractivity contribution in [3.63, 3.8) is 0 Å². The standard InChI is InChI=1S/C16H21N5O2.ClH/c1-9-14(20-16(23-9)10-7-17-21(2)8-10)15(22)19-13-5-11-3-4-12(6-13)18-11;/h7-8,11-13,18H,3-6H2,1-2H3,(H,19,22);1H. The maximum Gasteiger partial charge on any atom is 0.273 e. The molecule has 0 radical (unpaired) electrons. The lowest BCUT2D eigenvalue weighted by molar-refractivity contribution is 0.0918. The van der Waals surface area contributed by atoms with Crippen molar-refractivity contribution in [2.24, 2.45) is 7.05 Å². The second kappa shape index (κ2) is 6.57. The van der Waals surface area contributed by atoms with Crippen LogP contribution in [0.4, 0.5) is 0 Å². The lowest BCUT2D eigenvalue weighted by Gasteiger charge is -2.29. The first-order valence-corrected chi connectivity index (χ1v) is 8.12. The lowest BCUT2D eigenvalue weighted by atomic mass is 10.00. The SMILES string of the molecule is Cc1oc(-c2cnn(C)c2)nc1C(=O)NC1CC2CCC(C1)N2.Cl. The Kier molecular flexibility index (Phi) is 4.64. The summed E-state index contributed by atoms with van der Waals surface area (Å²) < 4.78 is 7.32. The first kappa shape index (κ1) is 17.0. The van der Waals surface area contributed by atoms with E-state index in [9.17, 15) is 4.79 Å². The number of piperidine rings is 1. The smallest absolute Gasteiger partial charge is 0.273 e. The third kappa shape index (κ3) is 3.18. The van der Waals surface area contributed by atoms with Crippen LogP contribution < -0.4 is 10.6 Å². The molecule has 2 atom stereocenters. The number of hydrogen-bond donors (Lipinski definition) is 2. The number of aromatic nitrogens is 3. The molecule has 130 valence electrons. The third-order valence-electron chi connectivity index (χ3n) is 4.77. The summed E-state index contributed by atoms with van der Waals surface area (Å²) in [6, 6.07) is 1.31. The molecule has 2 fully saturated rings. The van der Waals surface area contributed by atoms with E-state index in [2.05, 4.69) is 20.7 Å². The molecular weight excluding hydrogens is 330 g/mol. The van der Waals surface area contributed by atoms with Crippen LogP contribution in [0.5, 0.6) is 0 Å². The molecule has 1 amide bonds. The summed E-state index contributed by atoms with van der Waals surface area (Å²) in [6.45, 7) is 1.77. The minimum Gasteiger partial charge on any atom is -0.440 e. The molecule has 4 rings (SSSR count). The van der Waals surface area contributed by atoms with E-state index in [0.29, 0.717) is 29.4 Å². The van der Waals surface area contributed by atoms with Crippen molar-refractivity contribution in [3.05, 3.63) is 23.8 Å². The highest BCUT2D eigenvalue weighted by atomic mass is 35.5. The molecule has 2 aromatic rings. The van der Waals surface area contributed by atoms with Crippen molar-refractivity contribution in [3.8, 4) is 11.5 Å². The molecule has 0 aliphatic carbocycles. The summed E-state index contributed by atoms with van der Waals surface area (Å²) in [5, 5.41) is 10.8. The van der Waals surface area contributed by atoms with Crippen LogP contribution >= 0.6 is 12.4 Å². The number of nitrogens with zero attached hydrogens (tertiary/aromatic N) is 3. The lowest BCUT2D eigenvalue weighted by Crippen LogP contribution is -2.48. The molecule has 2 saturated heterocycles. The number of carbonyl (C=O) groups excluding carboxylic acids is 1. The van der Waals surface area contributed by atoms with Crippen LogP contribution in [0, 0.1) is 6.92 Å². The molecule has 2 unspecified atom stereocenters. The van der Waals surface area contributed by atoms with Crippen LogP contribution in [0.1, 0.15) is 41.9 Å². The number of nitrogens with one attached hydrogen (secondary N) is 2. The molecule has 4 heterocycles. The highest BCUT2D eigenvalue weighted by Crippen LogP contribution is 2.27. The van der Waals surface area contributed by atoms with Gasteiger partial charge in [0, 0.05) is 31.4 Å². The maximum atomic E-state index is 12.5. The van der Waals surface area contributed by atoms with E-state index < -0.39 is 0 Å². The van der Waals surface area contributed by atoms with Gasteiger partial charge in [0.15, 0.2) is 5.69 Å². The van der Waals surface area contributed by atoms with E-state index in [1.807, 2.05) is 13.2 Å². The maximum absolute atomic E-state index is 12.5. The molecule has 2 aliphatic heterocycles. The van der Waals surface area contributed by atoms with Crippen LogP contribution in [0.2, 0.25) is 0 Å². The Labute approximate surface area is 146 Å². The summed E-state index contributed by atoms with van der Waals surface area (Å²) >= 11 is 0. The highest BCUT2D eigenvalue weighted by molar-refractivity contribution is 5.93. The fraction of sp³-hybridized carbons (Fsp3) is 0.562. The fourth-order valence-corrected chi connectivity index (χ4v) is 3.69. The molecule has 7 nitrogen and oxygen atoms in total. The van der Waals surface area contributed by atoms with Crippen molar-refractivity contribution < 1.29 is 9.21 Å².